The third-order valence-corrected chi connectivity index (χ3v) is 3.70. The quantitative estimate of drug-likeness (QED) is 0.773. The summed E-state index contributed by atoms with van der Waals surface area (Å²) in [6.07, 6.45) is 0.962. The number of benzene rings is 2. The van der Waals surface area contributed by atoms with Gasteiger partial charge in [-0.15, -0.1) is 10.2 Å². The number of carbonyl (C=O) groups excluding carboxylic acids is 1. The fraction of sp³-hybridized carbons (Fsp3) is 0.176. The highest BCUT2D eigenvalue weighted by Crippen LogP contribution is 2.18. The third-order valence-electron chi connectivity index (χ3n) is 3.47. The predicted octanol–water partition coefficient (Wildman–Crippen LogP) is 3.19. The number of hydrogen-bond donors (Lipinski definition) is 1. The van der Waals surface area contributed by atoms with E-state index in [2.05, 4.69) is 27.7 Å². The molecule has 0 unspecified atom stereocenters. The molecule has 3 aromatic rings. The number of rotatable bonds is 5. The zero-order valence-corrected chi connectivity index (χ0v) is 13.9. The summed E-state index contributed by atoms with van der Waals surface area (Å²) in [6.45, 7) is 2.07. The van der Waals surface area contributed by atoms with Crippen LogP contribution in [0.1, 0.15) is 12.5 Å². The van der Waals surface area contributed by atoms with Gasteiger partial charge in [-0.25, -0.2) is 0 Å². The summed E-state index contributed by atoms with van der Waals surface area (Å²) in [6, 6.07) is 14.9. The van der Waals surface area contributed by atoms with Crippen LogP contribution in [0.15, 0.2) is 48.5 Å². The van der Waals surface area contributed by atoms with E-state index in [4.69, 9.17) is 11.6 Å². The van der Waals surface area contributed by atoms with Crippen LogP contribution in [0.25, 0.3) is 11.4 Å². The molecule has 0 atom stereocenters. The Morgan fingerprint density at radius 3 is 2.71 bits per heavy atom. The van der Waals surface area contributed by atoms with Crippen LogP contribution in [0.3, 0.4) is 0 Å². The van der Waals surface area contributed by atoms with Gasteiger partial charge in [0.25, 0.3) is 0 Å². The lowest BCUT2D eigenvalue weighted by molar-refractivity contribution is -0.117. The number of anilines is 1. The first-order valence-corrected chi connectivity index (χ1v) is 7.94. The van der Waals surface area contributed by atoms with Crippen molar-refractivity contribution in [1.82, 2.24) is 20.2 Å². The zero-order chi connectivity index (χ0) is 16.9. The normalized spacial score (nSPS) is 10.6. The van der Waals surface area contributed by atoms with Crippen molar-refractivity contribution in [3.8, 4) is 11.4 Å². The Hall–Kier alpha value is -2.73. The van der Waals surface area contributed by atoms with Gasteiger partial charge in [-0.2, -0.15) is 4.80 Å². The van der Waals surface area contributed by atoms with Crippen molar-refractivity contribution in [2.24, 2.45) is 0 Å². The Morgan fingerprint density at radius 2 is 2.00 bits per heavy atom. The number of carbonyl (C=O) groups is 1. The second kappa shape index (κ2) is 7.23. The van der Waals surface area contributed by atoms with Crippen LogP contribution in [0.4, 0.5) is 5.69 Å². The Balaban J connectivity index is 1.64. The number of aryl methyl sites for hydroxylation is 1. The van der Waals surface area contributed by atoms with Crippen LogP contribution in [0, 0.1) is 0 Å². The van der Waals surface area contributed by atoms with Gasteiger partial charge >= 0.3 is 0 Å². The minimum atomic E-state index is -0.214. The molecule has 0 aliphatic carbocycles. The lowest BCUT2D eigenvalue weighted by Gasteiger charge is -2.05. The molecule has 1 N–H and O–H groups in total. The van der Waals surface area contributed by atoms with Gasteiger partial charge in [0.1, 0.15) is 6.54 Å². The van der Waals surface area contributed by atoms with Crippen molar-refractivity contribution in [3.63, 3.8) is 0 Å². The summed E-state index contributed by atoms with van der Waals surface area (Å²) >= 11 is 5.95. The van der Waals surface area contributed by atoms with E-state index in [1.807, 2.05) is 36.4 Å². The van der Waals surface area contributed by atoms with Gasteiger partial charge in [0.05, 0.1) is 0 Å². The molecule has 1 aromatic heterocycles. The summed E-state index contributed by atoms with van der Waals surface area (Å²) in [7, 11) is 0. The number of halogens is 1. The lowest BCUT2D eigenvalue weighted by Crippen LogP contribution is -2.20. The zero-order valence-electron chi connectivity index (χ0n) is 13.1. The maximum absolute atomic E-state index is 12.1. The topological polar surface area (TPSA) is 72.7 Å². The molecule has 0 saturated carbocycles. The predicted molar refractivity (Wildman–Crippen MR) is 92.7 cm³/mol. The van der Waals surface area contributed by atoms with Crippen molar-refractivity contribution in [2.45, 2.75) is 19.9 Å². The average molecular weight is 342 g/mol. The molecule has 2 aromatic carbocycles. The van der Waals surface area contributed by atoms with E-state index in [0.29, 0.717) is 10.8 Å². The highest BCUT2D eigenvalue weighted by molar-refractivity contribution is 6.30. The smallest absolute Gasteiger partial charge is 0.248 e. The molecule has 7 heteroatoms. The molecule has 0 radical (unpaired) electrons. The Kier molecular flexibility index (Phi) is 4.86. The number of nitrogens with one attached hydrogen (secondary N) is 1. The van der Waals surface area contributed by atoms with E-state index >= 15 is 0 Å². The first-order chi connectivity index (χ1) is 11.6. The fourth-order valence-electron chi connectivity index (χ4n) is 2.21. The molecule has 6 nitrogen and oxygen atoms in total. The Bertz CT molecular complexity index is 844. The third kappa shape index (κ3) is 3.97. The monoisotopic (exact) mass is 341 g/mol. The van der Waals surface area contributed by atoms with Crippen molar-refractivity contribution >= 4 is 23.2 Å². The molecule has 1 heterocycles. The highest BCUT2D eigenvalue weighted by atomic mass is 35.5. The van der Waals surface area contributed by atoms with Gasteiger partial charge in [-0.1, -0.05) is 42.8 Å². The van der Waals surface area contributed by atoms with Gasteiger partial charge in [-0.05, 0) is 41.5 Å². The summed E-state index contributed by atoms with van der Waals surface area (Å²) in [5.74, 6) is 0.215. The molecular formula is C17H16ClN5O. The summed E-state index contributed by atoms with van der Waals surface area (Å²) < 4.78 is 0. The Morgan fingerprint density at radius 1 is 1.21 bits per heavy atom. The molecule has 0 fully saturated rings. The molecule has 0 spiro atoms. The van der Waals surface area contributed by atoms with Crippen molar-refractivity contribution in [2.75, 3.05) is 5.32 Å². The van der Waals surface area contributed by atoms with Crippen LogP contribution in [-0.2, 0) is 17.8 Å². The number of nitrogens with zero attached hydrogens (tertiary/aromatic N) is 4. The van der Waals surface area contributed by atoms with Gasteiger partial charge < -0.3 is 5.32 Å². The SMILES string of the molecule is CCc1ccc(NC(=O)Cn2nnc(-c3cccc(Cl)c3)n2)cc1. The molecule has 0 saturated heterocycles. The van der Waals surface area contributed by atoms with Crippen LogP contribution in [0.5, 0.6) is 0 Å². The summed E-state index contributed by atoms with van der Waals surface area (Å²) in [4.78, 5) is 13.3. The van der Waals surface area contributed by atoms with Gasteiger partial charge in [0, 0.05) is 16.3 Å². The van der Waals surface area contributed by atoms with Gasteiger partial charge in [-0.3, -0.25) is 4.79 Å². The van der Waals surface area contributed by atoms with Crippen molar-refractivity contribution in [3.05, 3.63) is 59.1 Å². The number of hydrogen-bond acceptors (Lipinski definition) is 4. The second-order valence-electron chi connectivity index (χ2n) is 5.25. The van der Waals surface area contributed by atoms with Crippen LogP contribution >= 0.6 is 11.6 Å². The fourth-order valence-corrected chi connectivity index (χ4v) is 2.40. The maximum atomic E-state index is 12.1. The van der Waals surface area contributed by atoms with Gasteiger partial charge in [0.15, 0.2) is 0 Å². The molecule has 1 amide bonds. The van der Waals surface area contributed by atoms with E-state index in [1.54, 1.807) is 12.1 Å². The highest BCUT2D eigenvalue weighted by Gasteiger charge is 2.10. The summed E-state index contributed by atoms with van der Waals surface area (Å²) in [5.41, 5.74) is 2.72. The minimum absolute atomic E-state index is 0.0108. The average Bonchev–Trinajstić information content (AvgIpc) is 3.04. The van der Waals surface area contributed by atoms with Crippen molar-refractivity contribution < 1.29 is 4.79 Å². The molecule has 24 heavy (non-hydrogen) atoms. The molecule has 3 rings (SSSR count). The maximum Gasteiger partial charge on any atom is 0.248 e. The lowest BCUT2D eigenvalue weighted by atomic mass is 10.1. The molecule has 0 aliphatic heterocycles. The second-order valence-corrected chi connectivity index (χ2v) is 5.69. The van der Waals surface area contributed by atoms with Gasteiger partial charge in [0.2, 0.25) is 11.7 Å². The van der Waals surface area contributed by atoms with Crippen LogP contribution in [-0.4, -0.2) is 26.1 Å². The largest absolute Gasteiger partial charge is 0.324 e. The number of amides is 1. The van der Waals surface area contributed by atoms with E-state index < -0.39 is 0 Å². The molecular weight excluding hydrogens is 326 g/mol. The van der Waals surface area contributed by atoms with Crippen molar-refractivity contribution in [1.29, 1.82) is 0 Å². The standard InChI is InChI=1S/C17H16ClN5O/c1-2-12-6-8-15(9-7-12)19-16(24)11-23-21-17(20-22-23)13-4-3-5-14(18)10-13/h3-10H,2,11H2,1H3,(H,19,24). The molecule has 0 bridgehead atoms. The Labute approximate surface area is 144 Å². The molecule has 122 valence electrons. The van der Waals surface area contributed by atoms with E-state index in [1.165, 1.54) is 10.4 Å². The first kappa shape index (κ1) is 16.1. The van der Waals surface area contributed by atoms with Crippen LogP contribution < -0.4 is 5.32 Å². The molecule has 0 aliphatic rings. The van der Waals surface area contributed by atoms with Crippen LogP contribution in [0.2, 0.25) is 5.02 Å². The number of aromatic nitrogens is 4. The summed E-state index contributed by atoms with van der Waals surface area (Å²) in [5, 5.41) is 15.5. The van der Waals surface area contributed by atoms with E-state index in [-0.39, 0.29) is 12.5 Å². The first-order valence-electron chi connectivity index (χ1n) is 7.56. The number of tetrazole rings is 1. The minimum Gasteiger partial charge on any atom is -0.324 e. The van der Waals surface area contributed by atoms with E-state index in [0.717, 1.165) is 17.7 Å². The van der Waals surface area contributed by atoms with E-state index in [9.17, 15) is 4.79 Å².